The minimum atomic E-state index is -0.0622. The van der Waals surface area contributed by atoms with Crippen LogP contribution >= 0.6 is 11.3 Å². The molecule has 2 aromatic carbocycles. The summed E-state index contributed by atoms with van der Waals surface area (Å²) in [5.74, 6) is 0.767. The monoisotopic (exact) mass is 404 g/mol. The van der Waals surface area contributed by atoms with Crippen molar-refractivity contribution in [2.75, 3.05) is 7.11 Å². The van der Waals surface area contributed by atoms with Crippen LogP contribution in [-0.4, -0.2) is 17.6 Å². The number of thiophene rings is 1. The van der Waals surface area contributed by atoms with E-state index in [-0.39, 0.29) is 11.9 Å². The third-order valence-electron chi connectivity index (χ3n) is 5.09. The molecule has 0 aliphatic heterocycles. The summed E-state index contributed by atoms with van der Waals surface area (Å²) < 4.78 is 8.49. The Hall–Kier alpha value is -3.05. The second kappa shape index (κ2) is 8.13. The van der Waals surface area contributed by atoms with Crippen molar-refractivity contribution in [2.24, 2.45) is 0 Å². The second-order valence-electron chi connectivity index (χ2n) is 7.18. The van der Waals surface area contributed by atoms with Gasteiger partial charge in [-0.2, -0.15) is 0 Å². The van der Waals surface area contributed by atoms with E-state index in [1.165, 1.54) is 4.88 Å². The molecule has 2 aromatic heterocycles. The van der Waals surface area contributed by atoms with Crippen molar-refractivity contribution in [1.82, 2.24) is 9.88 Å². The Bertz CT molecular complexity index is 1130. The van der Waals surface area contributed by atoms with Gasteiger partial charge >= 0.3 is 0 Å². The van der Waals surface area contributed by atoms with Gasteiger partial charge in [0.2, 0.25) is 0 Å². The molecule has 1 amide bonds. The van der Waals surface area contributed by atoms with Gasteiger partial charge in [0, 0.05) is 11.4 Å². The smallest absolute Gasteiger partial charge is 0.268 e. The average Bonchev–Trinajstić information content (AvgIpc) is 3.26. The van der Waals surface area contributed by atoms with Gasteiger partial charge in [-0.25, -0.2) is 0 Å². The van der Waals surface area contributed by atoms with E-state index in [1.807, 2.05) is 67.6 Å². The third kappa shape index (κ3) is 4.05. The summed E-state index contributed by atoms with van der Waals surface area (Å²) in [6, 6.07) is 22.1. The summed E-state index contributed by atoms with van der Waals surface area (Å²) in [5, 5.41) is 3.15. The predicted molar refractivity (Wildman–Crippen MR) is 119 cm³/mol. The van der Waals surface area contributed by atoms with E-state index in [9.17, 15) is 4.79 Å². The summed E-state index contributed by atoms with van der Waals surface area (Å²) in [6.07, 6.45) is 0. The maximum Gasteiger partial charge on any atom is 0.268 e. The number of aromatic nitrogens is 1. The quantitative estimate of drug-likeness (QED) is 0.457. The molecule has 1 atom stereocenters. The number of methoxy groups -OCH3 is 1. The Labute approximate surface area is 174 Å². The zero-order chi connectivity index (χ0) is 20.4. The van der Waals surface area contributed by atoms with Gasteiger partial charge in [0.25, 0.3) is 5.91 Å². The molecule has 5 heteroatoms. The number of carbonyl (C=O) groups is 1. The van der Waals surface area contributed by atoms with Crippen molar-refractivity contribution in [3.63, 3.8) is 0 Å². The van der Waals surface area contributed by atoms with Crippen LogP contribution in [0.3, 0.4) is 0 Å². The summed E-state index contributed by atoms with van der Waals surface area (Å²) in [6.45, 7) is 4.74. The summed E-state index contributed by atoms with van der Waals surface area (Å²) in [4.78, 5) is 14.4. The molecule has 29 heavy (non-hydrogen) atoms. The molecule has 0 fully saturated rings. The van der Waals surface area contributed by atoms with Crippen molar-refractivity contribution >= 4 is 27.5 Å². The Balaban J connectivity index is 1.65. The normalized spacial score (nSPS) is 12.1. The lowest BCUT2D eigenvalue weighted by molar-refractivity contribution is 0.0931. The Morgan fingerprint density at radius 3 is 2.52 bits per heavy atom. The number of ether oxygens (including phenoxy) is 1. The van der Waals surface area contributed by atoms with Crippen molar-refractivity contribution in [2.45, 2.75) is 26.4 Å². The van der Waals surface area contributed by atoms with Gasteiger partial charge in [-0.15, -0.1) is 11.3 Å². The zero-order valence-electron chi connectivity index (χ0n) is 16.8. The number of nitrogens with zero attached hydrogens (tertiary/aromatic N) is 1. The van der Waals surface area contributed by atoms with Crippen LogP contribution in [0.1, 0.15) is 39.5 Å². The SMILES string of the molecule is COc1ccc(Cn2c(C(=O)NC(C)c3ccccc3)cc3sc(C)cc32)cc1. The molecule has 0 saturated carbocycles. The number of carbonyl (C=O) groups excluding carboxylic acids is 1. The number of amides is 1. The van der Waals surface area contributed by atoms with E-state index in [0.29, 0.717) is 12.2 Å². The van der Waals surface area contributed by atoms with E-state index in [1.54, 1.807) is 18.4 Å². The van der Waals surface area contributed by atoms with Gasteiger partial charge in [0.05, 0.1) is 23.4 Å². The van der Waals surface area contributed by atoms with Gasteiger partial charge in [-0.1, -0.05) is 42.5 Å². The maximum atomic E-state index is 13.1. The number of hydrogen-bond donors (Lipinski definition) is 1. The zero-order valence-corrected chi connectivity index (χ0v) is 17.6. The molecule has 0 aliphatic carbocycles. The highest BCUT2D eigenvalue weighted by atomic mass is 32.1. The molecule has 1 unspecified atom stereocenters. The molecule has 4 aromatic rings. The minimum absolute atomic E-state index is 0.0593. The standard InChI is InChI=1S/C24H24N2O2S/c1-16-13-21-23(29-16)14-22(24(27)25-17(2)19-7-5-4-6-8-19)26(21)15-18-9-11-20(28-3)12-10-18/h4-14,17H,15H2,1-3H3,(H,25,27). The van der Waals surface area contributed by atoms with Crippen molar-refractivity contribution < 1.29 is 9.53 Å². The molecular weight excluding hydrogens is 380 g/mol. The third-order valence-corrected chi connectivity index (χ3v) is 6.08. The number of benzene rings is 2. The summed E-state index contributed by atoms with van der Waals surface area (Å²) in [7, 11) is 1.66. The summed E-state index contributed by atoms with van der Waals surface area (Å²) in [5.41, 5.74) is 4.00. The number of rotatable bonds is 6. The molecule has 1 N–H and O–H groups in total. The Kier molecular flexibility index (Phi) is 5.41. The number of hydrogen-bond acceptors (Lipinski definition) is 3. The van der Waals surface area contributed by atoms with Crippen LogP contribution in [0.2, 0.25) is 0 Å². The van der Waals surface area contributed by atoms with Crippen LogP contribution in [-0.2, 0) is 6.54 Å². The van der Waals surface area contributed by atoms with Gasteiger partial charge < -0.3 is 14.6 Å². The fourth-order valence-electron chi connectivity index (χ4n) is 3.53. The Morgan fingerprint density at radius 2 is 1.83 bits per heavy atom. The first-order valence-corrected chi connectivity index (χ1v) is 10.4. The van der Waals surface area contributed by atoms with Crippen LogP contribution in [0.15, 0.2) is 66.7 Å². The van der Waals surface area contributed by atoms with E-state index in [4.69, 9.17) is 4.74 Å². The number of nitrogens with one attached hydrogen (secondary N) is 1. The van der Waals surface area contributed by atoms with Crippen LogP contribution < -0.4 is 10.1 Å². The lowest BCUT2D eigenvalue weighted by atomic mass is 10.1. The van der Waals surface area contributed by atoms with Crippen LogP contribution in [0.4, 0.5) is 0 Å². The molecule has 0 spiro atoms. The Morgan fingerprint density at radius 1 is 1.10 bits per heavy atom. The van der Waals surface area contributed by atoms with Gasteiger partial charge in [-0.05, 0) is 49.2 Å². The minimum Gasteiger partial charge on any atom is -0.497 e. The van der Waals surface area contributed by atoms with Crippen molar-refractivity contribution in [1.29, 1.82) is 0 Å². The molecule has 0 radical (unpaired) electrons. The van der Waals surface area contributed by atoms with Gasteiger partial charge in [-0.3, -0.25) is 4.79 Å². The average molecular weight is 405 g/mol. The van der Waals surface area contributed by atoms with Crippen LogP contribution in [0, 0.1) is 6.92 Å². The van der Waals surface area contributed by atoms with E-state index in [0.717, 1.165) is 27.1 Å². The molecule has 4 rings (SSSR count). The molecule has 0 saturated heterocycles. The lowest BCUT2D eigenvalue weighted by Crippen LogP contribution is -2.28. The number of fused-ring (bicyclic) bond motifs is 1. The van der Waals surface area contributed by atoms with E-state index in [2.05, 4.69) is 22.9 Å². The molecule has 4 nitrogen and oxygen atoms in total. The van der Waals surface area contributed by atoms with Gasteiger partial charge in [0.1, 0.15) is 11.4 Å². The fraction of sp³-hybridized carbons (Fsp3) is 0.208. The predicted octanol–water partition coefficient (Wildman–Crippen LogP) is 5.56. The van der Waals surface area contributed by atoms with Crippen LogP contribution in [0.5, 0.6) is 5.75 Å². The van der Waals surface area contributed by atoms with E-state index >= 15 is 0 Å². The second-order valence-corrected chi connectivity index (χ2v) is 8.46. The largest absolute Gasteiger partial charge is 0.497 e. The highest BCUT2D eigenvalue weighted by molar-refractivity contribution is 7.19. The van der Waals surface area contributed by atoms with Crippen molar-refractivity contribution in [3.05, 3.63) is 88.4 Å². The highest BCUT2D eigenvalue weighted by Gasteiger charge is 2.19. The fourth-order valence-corrected chi connectivity index (χ4v) is 4.49. The highest BCUT2D eigenvalue weighted by Crippen LogP contribution is 2.30. The molecule has 148 valence electrons. The number of aryl methyl sites for hydroxylation is 1. The molecule has 2 heterocycles. The lowest BCUT2D eigenvalue weighted by Gasteiger charge is -2.16. The topological polar surface area (TPSA) is 43.3 Å². The molecule has 0 aliphatic rings. The first-order valence-electron chi connectivity index (χ1n) is 9.63. The molecular formula is C24H24N2O2S. The first-order chi connectivity index (χ1) is 14.0. The van der Waals surface area contributed by atoms with E-state index < -0.39 is 0 Å². The maximum absolute atomic E-state index is 13.1. The van der Waals surface area contributed by atoms with Crippen molar-refractivity contribution in [3.8, 4) is 5.75 Å². The molecule has 0 bridgehead atoms. The van der Waals surface area contributed by atoms with Gasteiger partial charge in [0.15, 0.2) is 0 Å². The summed E-state index contributed by atoms with van der Waals surface area (Å²) >= 11 is 1.72. The van der Waals surface area contributed by atoms with Crippen LogP contribution in [0.25, 0.3) is 10.2 Å². The first kappa shape index (κ1) is 19.3.